The van der Waals surface area contributed by atoms with Crippen molar-refractivity contribution < 1.29 is 38.6 Å². The molecule has 13 rings (SSSR count). The molecule has 7 aliphatic rings. The summed E-state index contributed by atoms with van der Waals surface area (Å²) in [5, 5.41) is 31.4. The summed E-state index contributed by atoms with van der Waals surface area (Å²) >= 11 is 1.57. The number of hydrogen-bond acceptors (Lipinski definition) is 16. The van der Waals surface area contributed by atoms with Gasteiger partial charge in [0.1, 0.15) is 17.6 Å². The van der Waals surface area contributed by atoms with Crippen molar-refractivity contribution in [1.82, 2.24) is 45.1 Å². The molecule has 20 heteroatoms. The van der Waals surface area contributed by atoms with Gasteiger partial charge < -0.3 is 29.7 Å². The summed E-state index contributed by atoms with van der Waals surface area (Å²) in [5.41, 5.74) is 6.00. The first-order valence-electron chi connectivity index (χ1n) is 32.2. The zero-order chi connectivity index (χ0) is 61.4. The maximum atomic E-state index is 13.1. The van der Waals surface area contributed by atoms with Crippen LogP contribution in [0.5, 0.6) is 5.75 Å². The molecule has 5 fully saturated rings. The van der Waals surface area contributed by atoms with Gasteiger partial charge in [-0.2, -0.15) is 5.10 Å². The molecule has 3 aliphatic heterocycles. The van der Waals surface area contributed by atoms with Crippen molar-refractivity contribution in [2.24, 2.45) is 16.2 Å². The number of piperidine rings is 1. The van der Waals surface area contributed by atoms with E-state index in [1.807, 2.05) is 48.4 Å². The van der Waals surface area contributed by atoms with E-state index in [1.165, 1.54) is 64.2 Å². The van der Waals surface area contributed by atoms with Gasteiger partial charge in [0, 0.05) is 54.0 Å². The van der Waals surface area contributed by atoms with Crippen LogP contribution in [0.4, 0.5) is 22.6 Å². The highest BCUT2D eigenvalue weighted by Gasteiger charge is 2.66. The second-order valence-corrected chi connectivity index (χ2v) is 28.3. The Hall–Kier alpha value is -7.16. The Kier molecular flexibility index (Phi) is 17.6. The number of likely N-dealkylation sites (N-methyl/N-ethyl adjacent to an activating group) is 1. The van der Waals surface area contributed by atoms with Crippen molar-refractivity contribution in [1.29, 1.82) is 0 Å². The maximum absolute atomic E-state index is 13.1. The Bertz CT molecular complexity index is 3590. The average Bonchev–Trinajstić information content (AvgIpc) is 1.21. The summed E-state index contributed by atoms with van der Waals surface area (Å²) in [6.45, 7) is 13.8. The number of amides is 4. The van der Waals surface area contributed by atoms with Crippen molar-refractivity contribution in [3.63, 3.8) is 0 Å². The van der Waals surface area contributed by atoms with E-state index in [9.17, 15) is 29.1 Å². The Morgan fingerprint density at radius 3 is 2.20 bits per heavy atom. The molecule has 4 aliphatic carbocycles. The number of carbonyl (C=O) groups is 5. The molecule has 466 valence electrons. The van der Waals surface area contributed by atoms with E-state index in [1.54, 1.807) is 29.5 Å². The molecule has 0 spiro atoms. The second kappa shape index (κ2) is 25.4. The van der Waals surface area contributed by atoms with Crippen molar-refractivity contribution >= 4 is 73.7 Å². The number of benzene rings is 2. The van der Waals surface area contributed by atoms with E-state index in [-0.39, 0.29) is 51.5 Å². The molecule has 4 saturated carbocycles. The number of ether oxygens (including phenoxy) is 2. The van der Waals surface area contributed by atoms with Crippen LogP contribution in [0.1, 0.15) is 197 Å². The lowest BCUT2D eigenvalue weighted by atomic mass is 9.39. The van der Waals surface area contributed by atoms with Gasteiger partial charge in [-0.1, -0.05) is 102 Å². The van der Waals surface area contributed by atoms with Gasteiger partial charge in [-0.25, -0.2) is 14.8 Å². The van der Waals surface area contributed by atoms with Crippen LogP contribution >= 0.6 is 11.3 Å². The van der Waals surface area contributed by atoms with Crippen molar-refractivity contribution in [2.45, 2.75) is 187 Å². The van der Waals surface area contributed by atoms with E-state index in [4.69, 9.17) is 29.6 Å². The number of unbranched alkanes of at least 4 members (excludes halogenated alkanes) is 11. The average molecular weight is 1220 g/mol. The third-order valence-electron chi connectivity index (χ3n) is 19.8. The summed E-state index contributed by atoms with van der Waals surface area (Å²) in [4.78, 5) is 78.2. The molecule has 1 saturated heterocycles. The monoisotopic (exact) mass is 1220 g/mol. The van der Waals surface area contributed by atoms with Gasteiger partial charge in [0.15, 0.2) is 22.5 Å². The van der Waals surface area contributed by atoms with Gasteiger partial charge in [0.05, 0.1) is 46.4 Å². The number of aromatic nitrogens is 6. The van der Waals surface area contributed by atoms with Gasteiger partial charge in [0.2, 0.25) is 11.8 Å². The molecule has 6 aromatic rings. The number of carboxylic acids is 1. The molecule has 7 heterocycles. The number of nitrogens with zero attached hydrogens (tertiary/aromatic N) is 9. The largest absolute Gasteiger partial charge is 0.494 e. The van der Waals surface area contributed by atoms with Crippen LogP contribution in [-0.2, 0) is 27.3 Å². The maximum Gasteiger partial charge on any atom is 0.355 e. The van der Waals surface area contributed by atoms with Gasteiger partial charge >= 0.3 is 5.97 Å². The zero-order valence-electron chi connectivity index (χ0n) is 51.9. The molecule has 3 N–H and O–H groups in total. The lowest BCUT2D eigenvalue weighted by Crippen LogP contribution is -2.64. The highest BCUT2D eigenvalue weighted by atomic mass is 32.1. The minimum atomic E-state index is -1.08. The van der Waals surface area contributed by atoms with Crippen LogP contribution in [0.3, 0.4) is 0 Å². The van der Waals surface area contributed by atoms with Crippen LogP contribution in [0.25, 0.3) is 21.3 Å². The number of aromatic carboxylic acids is 1. The molecule has 4 amide bonds. The highest BCUT2D eigenvalue weighted by molar-refractivity contribution is 7.22. The van der Waals surface area contributed by atoms with Crippen LogP contribution in [-0.4, -0.2) is 126 Å². The SMILES string of the molecule is Cc1c(Nc2nc3ccccc3s2)nnc2c1CCCN2c1ccc(-c2cnn(CC34CC5(C)CC(C)(C3)CC(OCCN(C)CCCCCCCCCCCCCCOc3ccc6c(c3)C(=O)N(C3CCC(=O)NC3=O)C6=O)(C5)C4)c2C)c(C(=O)O)n1. The van der Waals surface area contributed by atoms with Gasteiger partial charge in [0.25, 0.3) is 11.8 Å². The first-order chi connectivity index (χ1) is 42.4. The standard InChI is InChI=1S/C68H85N11O8S/c1-44-47-21-20-31-77(59(47)75-74-58(44)73-64-70-52-22-16-17-23-54(52)88-64)55-28-26-48(57(71-55)63(84)85)51-36-69-78(45(51)2)43-67-38-65(3)37-66(4,39-67)41-68(40-65,42-67)87-34-32-76(5)30-18-14-12-10-8-6-7-9-11-13-15-19-33-86-46-24-25-49-50(35-46)62(83)79(61(49)82)53-27-29-56(80)72-60(53)81/h16-17,22-26,28,35-36,53H,6-15,18-21,27,29-34,37-43H2,1-5H3,(H,84,85)(H,70,73,74)(H,72,80,81). The number of thiazole rings is 1. The molecule has 0 radical (unpaired) electrons. The molecule has 88 heavy (non-hydrogen) atoms. The lowest BCUT2D eigenvalue weighted by Gasteiger charge is -2.69. The van der Waals surface area contributed by atoms with Crippen LogP contribution < -0.4 is 20.3 Å². The summed E-state index contributed by atoms with van der Waals surface area (Å²) in [7, 11) is 2.24. The molecule has 19 nitrogen and oxygen atoms in total. The number of carboxylic acid groups (broad SMARTS) is 1. The van der Waals surface area contributed by atoms with E-state index >= 15 is 0 Å². The van der Waals surface area contributed by atoms with Crippen LogP contribution in [0.2, 0.25) is 0 Å². The summed E-state index contributed by atoms with van der Waals surface area (Å²) < 4.78 is 16.3. The zero-order valence-corrected chi connectivity index (χ0v) is 52.7. The fourth-order valence-corrected chi connectivity index (χ4v) is 17.6. The fraction of sp³-hybridized carbons (Fsp3) is 0.559. The van der Waals surface area contributed by atoms with Crippen molar-refractivity contribution in [3.8, 4) is 16.9 Å². The molecule has 2 aromatic carbocycles. The van der Waals surface area contributed by atoms with Crippen molar-refractivity contribution in [3.05, 3.63) is 94.4 Å². The topological polar surface area (TPSA) is 227 Å². The predicted molar refractivity (Wildman–Crippen MR) is 339 cm³/mol. The smallest absolute Gasteiger partial charge is 0.355 e. The van der Waals surface area contributed by atoms with E-state index in [0.29, 0.717) is 41.9 Å². The lowest BCUT2D eigenvalue weighted by molar-refractivity contribution is -0.248. The highest BCUT2D eigenvalue weighted by Crippen LogP contribution is 2.72. The Labute approximate surface area is 519 Å². The number of anilines is 4. The van der Waals surface area contributed by atoms with E-state index in [0.717, 1.165) is 133 Å². The number of nitrogens with one attached hydrogen (secondary N) is 2. The molecule has 3 atom stereocenters. The summed E-state index contributed by atoms with van der Waals surface area (Å²) in [6, 6.07) is 15.7. The number of imide groups is 2. The Morgan fingerprint density at radius 2 is 1.48 bits per heavy atom. The van der Waals surface area contributed by atoms with E-state index in [2.05, 4.69) is 59.2 Å². The molecule has 3 unspecified atom stereocenters. The molecular formula is C68H85N11O8S. The molecular weight excluding hydrogens is 1130 g/mol. The third-order valence-corrected chi connectivity index (χ3v) is 20.7. The van der Waals surface area contributed by atoms with Crippen LogP contribution in [0, 0.1) is 30.1 Å². The van der Waals surface area contributed by atoms with Gasteiger partial charge in [-0.3, -0.25) is 34.1 Å². The number of hydrogen-bond donors (Lipinski definition) is 3. The number of carbonyl (C=O) groups excluding carboxylic acids is 4. The number of rotatable bonds is 28. The third kappa shape index (κ3) is 12.8. The van der Waals surface area contributed by atoms with E-state index < -0.39 is 35.6 Å². The Balaban J connectivity index is 0.555. The molecule has 4 aromatic heterocycles. The second-order valence-electron chi connectivity index (χ2n) is 27.3. The quantitative estimate of drug-likeness (QED) is 0.0306. The Morgan fingerprint density at radius 1 is 0.773 bits per heavy atom. The van der Waals surface area contributed by atoms with Gasteiger partial charge in [-0.15, -0.1) is 10.2 Å². The van der Waals surface area contributed by atoms with Crippen LogP contribution in [0.15, 0.2) is 60.8 Å². The minimum Gasteiger partial charge on any atom is -0.494 e. The fourth-order valence-electron chi connectivity index (χ4n) is 16.8. The number of fused-ring (bicyclic) bond motifs is 3. The normalized spacial score (nSPS) is 23.8. The predicted octanol–water partition coefficient (Wildman–Crippen LogP) is 12.7. The number of pyridine rings is 1. The summed E-state index contributed by atoms with van der Waals surface area (Å²) in [6.07, 6.45) is 24.9. The first-order valence-corrected chi connectivity index (χ1v) is 33.1. The first kappa shape index (κ1) is 61.1. The molecule has 4 bridgehead atoms. The van der Waals surface area contributed by atoms with Crippen molar-refractivity contribution in [2.75, 3.05) is 50.1 Å². The van der Waals surface area contributed by atoms with Gasteiger partial charge in [-0.05, 0) is 157 Å². The minimum absolute atomic E-state index is 0.00469. The summed E-state index contributed by atoms with van der Waals surface area (Å²) in [5.74, 6) is -0.717. The number of para-hydroxylation sites is 1.